The Morgan fingerprint density at radius 3 is 2.90 bits per heavy atom. The summed E-state index contributed by atoms with van der Waals surface area (Å²) in [5, 5.41) is 11.2. The minimum atomic E-state index is -0.925. The van der Waals surface area contributed by atoms with Crippen LogP contribution in [-0.2, 0) is 17.3 Å². The first-order chi connectivity index (χ1) is 9.52. The van der Waals surface area contributed by atoms with Gasteiger partial charge in [-0.15, -0.1) is 5.10 Å². The monoisotopic (exact) mass is 297 g/mol. The van der Waals surface area contributed by atoms with Crippen LogP contribution in [-0.4, -0.2) is 35.9 Å². The molecule has 8 heteroatoms. The normalized spacial score (nSPS) is 12.6. The van der Waals surface area contributed by atoms with Crippen molar-refractivity contribution in [3.05, 3.63) is 23.5 Å². The van der Waals surface area contributed by atoms with Gasteiger partial charge in [0.05, 0.1) is 12.1 Å². The highest BCUT2D eigenvalue weighted by Crippen LogP contribution is 2.25. The highest BCUT2D eigenvalue weighted by atomic mass is 32.2. The van der Waals surface area contributed by atoms with E-state index in [-0.39, 0.29) is 5.56 Å². The van der Waals surface area contributed by atoms with Crippen molar-refractivity contribution in [1.82, 2.24) is 20.2 Å². The number of tetrazole rings is 1. The maximum atomic E-state index is 14.2. The number of nitrogens with zero attached hydrogens (tertiary/aromatic N) is 4. The van der Waals surface area contributed by atoms with Gasteiger partial charge in [-0.25, -0.2) is 9.07 Å². The quantitative estimate of drug-likeness (QED) is 0.836. The minimum absolute atomic E-state index is 0.259. The van der Waals surface area contributed by atoms with Gasteiger partial charge >= 0.3 is 0 Å². The fourth-order valence-electron chi connectivity index (χ4n) is 1.84. The molecule has 2 N–H and O–H groups in total. The number of nitrogen functional groups attached to an aromatic ring is 1. The molecule has 1 aromatic heterocycles. The van der Waals surface area contributed by atoms with E-state index in [1.165, 1.54) is 10.7 Å². The van der Waals surface area contributed by atoms with Crippen LogP contribution in [0.15, 0.2) is 12.1 Å². The molecule has 0 saturated heterocycles. The van der Waals surface area contributed by atoms with Gasteiger partial charge in [-0.2, -0.15) is 0 Å². The van der Waals surface area contributed by atoms with Gasteiger partial charge in [-0.1, -0.05) is 6.92 Å². The molecule has 1 unspecified atom stereocenters. The van der Waals surface area contributed by atoms with Crippen molar-refractivity contribution < 1.29 is 8.60 Å². The van der Waals surface area contributed by atoms with Crippen molar-refractivity contribution in [3.63, 3.8) is 0 Å². The summed E-state index contributed by atoms with van der Waals surface area (Å²) >= 11 is 0. The summed E-state index contributed by atoms with van der Waals surface area (Å²) < 4.78 is 27.1. The van der Waals surface area contributed by atoms with Crippen LogP contribution in [0.2, 0.25) is 0 Å². The molecule has 0 aliphatic carbocycles. The number of hydrogen-bond donors (Lipinski definition) is 1. The molecule has 20 heavy (non-hydrogen) atoms. The zero-order chi connectivity index (χ0) is 14.7. The largest absolute Gasteiger partial charge is 0.399 e. The molecule has 0 bridgehead atoms. The summed E-state index contributed by atoms with van der Waals surface area (Å²) in [7, 11) is -0.925. The standard InChI is InChI=1S/C12H16FN5OS/c1-3-20(19)5-4-18-12(15-16-17-18)10-7-9(14)6-8(2)11(10)13/h6-7H,3-5,14H2,1-2H3. The lowest BCUT2D eigenvalue weighted by Crippen LogP contribution is -2.12. The number of aryl methyl sites for hydroxylation is 2. The lowest BCUT2D eigenvalue weighted by atomic mass is 10.1. The Balaban J connectivity index is 2.35. The van der Waals surface area contributed by atoms with Crippen LogP contribution in [0, 0.1) is 12.7 Å². The van der Waals surface area contributed by atoms with Crippen molar-refractivity contribution in [3.8, 4) is 11.4 Å². The van der Waals surface area contributed by atoms with E-state index in [1.54, 1.807) is 13.0 Å². The van der Waals surface area contributed by atoms with Crippen LogP contribution < -0.4 is 5.73 Å². The average molecular weight is 297 g/mol. The van der Waals surface area contributed by atoms with Crippen molar-refractivity contribution in [2.24, 2.45) is 0 Å². The SMILES string of the molecule is CCS(=O)CCn1nnnc1-c1cc(N)cc(C)c1F. The highest BCUT2D eigenvalue weighted by molar-refractivity contribution is 7.84. The Kier molecular flexibility index (Phi) is 4.43. The van der Waals surface area contributed by atoms with E-state index in [4.69, 9.17) is 5.73 Å². The second-order valence-corrected chi connectivity index (χ2v) is 6.22. The molecule has 0 radical (unpaired) electrons. The molecule has 1 aromatic carbocycles. The molecule has 2 rings (SSSR count). The van der Waals surface area contributed by atoms with Gasteiger partial charge in [0.15, 0.2) is 5.82 Å². The maximum Gasteiger partial charge on any atom is 0.185 e. The number of hydrogen-bond acceptors (Lipinski definition) is 5. The third-order valence-electron chi connectivity index (χ3n) is 2.90. The number of halogens is 1. The Morgan fingerprint density at radius 1 is 1.45 bits per heavy atom. The van der Waals surface area contributed by atoms with E-state index in [2.05, 4.69) is 15.5 Å². The van der Waals surface area contributed by atoms with E-state index in [1.807, 2.05) is 6.92 Å². The molecule has 0 fully saturated rings. The summed E-state index contributed by atoms with van der Waals surface area (Å²) in [4.78, 5) is 0. The zero-order valence-electron chi connectivity index (χ0n) is 11.3. The van der Waals surface area contributed by atoms with Gasteiger partial charge in [0.25, 0.3) is 0 Å². The molecular weight excluding hydrogens is 281 g/mol. The fourth-order valence-corrected chi connectivity index (χ4v) is 2.51. The average Bonchev–Trinajstić information content (AvgIpc) is 2.88. The summed E-state index contributed by atoms with van der Waals surface area (Å²) in [6, 6.07) is 3.06. The van der Waals surface area contributed by atoms with Crippen molar-refractivity contribution in [2.75, 3.05) is 17.2 Å². The van der Waals surface area contributed by atoms with Crippen molar-refractivity contribution in [2.45, 2.75) is 20.4 Å². The molecule has 0 spiro atoms. The lowest BCUT2D eigenvalue weighted by Gasteiger charge is -2.08. The van der Waals surface area contributed by atoms with E-state index in [0.717, 1.165) is 0 Å². The summed E-state index contributed by atoms with van der Waals surface area (Å²) in [5.41, 5.74) is 6.88. The van der Waals surface area contributed by atoms with E-state index < -0.39 is 16.6 Å². The molecule has 6 nitrogen and oxygen atoms in total. The molecule has 0 aliphatic rings. The first-order valence-electron chi connectivity index (χ1n) is 6.20. The van der Waals surface area contributed by atoms with Gasteiger partial charge in [0.1, 0.15) is 5.82 Å². The molecule has 0 aliphatic heterocycles. The first-order valence-corrected chi connectivity index (χ1v) is 7.68. The molecule has 0 saturated carbocycles. The van der Waals surface area contributed by atoms with Crippen LogP contribution in [0.4, 0.5) is 10.1 Å². The van der Waals surface area contributed by atoms with Gasteiger partial charge in [0, 0.05) is 28.0 Å². The van der Waals surface area contributed by atoms with Crippen LogP contribution in [0.3, 0.4) is 0 Å². The predicted molar refractivity (Wildman–Crippen MR) is 75.9 cm³/mol. The third kappa shape index (κ3) is 3.01. The molecule has 1 atom stereocenters. The fraction of sp³-hybridized carbons (Fsp3) is 0.417. The molecular formula is C12H16FN5OS. The van der Waals surface area contributed by atoms with Crippen molar-refractivity contribution >= 4 is 16.5 Å². The summed E-state index contributed by atoms with van der Waals surface area (Å²) in [5.74, 6) is 0.901. The van der Waals surface area contributed by atoms with Gasteiger partial charge < -0.3 is 5.73 Å². The molecule has 0 amide bonds. The van der Waals surface area contributed by atoms with Crippen molar-refractivity contribution in [1.29, 1.82) is 0 Å². The lowest BCUT2D eigenvalue weighted by molar-refractivity contribution is 0.606. The number of aromatic nitrogens is 4. The van der Waals surface area contributed by atoms with Crippen LogP contribution in [0.1, 0.15) is 12.5 Å². The predicted octanol–water partition coefficient (Wildman–Crippen LogP) is 1.14. The zero-order valence-corrected chi connectivity index (χ0v) is 12.2. The number of benzene rings is 1. The Hall–Kier alpha value is -1.83. The Bertz CT molecular complexity index is 643. The second-order valence-electron chi connectivity index (χ2n) is 4.36. The molecule has 2 aromatic rings. The Morgan fingerprint density at radius 2 is 2.20 bits per heavy atom. The smallest absolute Gasteiger partial charge is 0.185 e. The number of rotatable bonds is 5. The van der Waals surface area contributed by atoms with Crippen LogP contribution in [0.25, 0.3) is 11.4 Å². The highest BCUT2D eigenvalue weighted by Gasteiger charge is 2.16. The maximum absolute atomic E-state index is 14.2. The Labute approximate surface area is 118 Å². The van der Waals surface area contributed by atoms with E-state index in [9.17, 15) is 8.60 Å². The van der Waals surface area contributed by atoms with Crippen LogP contribution >= 0.6 is 0 Å². The first kappa shape index (κ1) is 14.6. The molecule has 1 heterocycles. The van der Waals surface area contributed by atoms with E-state index >= 15 is 0 Å². The minimum Gasteiger partial charge on any atom is -0.399 e. The second kappa shape index (κ2) is 6.08. The van der Waals surface area contributed by atoms with E-state index in [0.29, 0.717) is 35.1 Å². The molecule has 108 valence electrons. The van der Waals surface area contributed by atoms with Gasteiger partial charge in [0.2, 0.25) is 0 Å². The topological polar surface area (TPSA) is 86.7 Å². The van der Waals surface area contributed by atoms with Gasteiger partial charge in [-0.3, -0.25) is 4.21 Å². The third-order valence-corrected chi connectivity index (χ3v) is 4.18. The van der Waals surface area contributed by atoms with Gasteiger partial charge in [-0.05, 0) is 35.0 Å². The summed E-state index contributed by atoms with van der Waals surface area (Å²) in [6.07, 6.45) is 0. The number of nitrogens with two attached hydrogens (primary N) is 1. The summed E-state index contributed by atoms with van der Waals surface area (Å²) in [6.45, 7) is 3.85. The van der Waals surface area contributed by atoms with Crippen LogP contribution in [0.5, 0.6) is 0 Å². The number of anilines is 1.